The first kappa shape index (κ1) is 20.0. The van der Waals surface area contributed by atoms with Crippen molar-refractivity contribution in [3.8, 4) is 0 Å². The molecule has 29 heavy (non-hydrogen) atoms. The van der Waals surface area contributed by atoms with Gasteiger partial charge in [0.25, 0.3) is 0 Å². The van der Waals surface area contributed by atoms with Gasteiger partial charge < -0.3 is 14.2 Å². The molecular weight excluding hydrogens is 366 g/mol. The second kappa shape index (κ2) is 9.03. The first-order chi connectivity index (χ1) is 14.2. The van der Waals surface area contributed by atoms with E-state index in [0.717, 1.165) is 12.8 Å². The minimum atomic E-state index is -0.269. The second-order valence-corrected chi connectivity index (χ2v) is 8.05. The lowest BCUT2D eigenvalue weighted by atomic mass is 9.79. The lowest BCUT2D eigenvalue weighted by Crippen LogP contribution is -2.50. The first-order valence-corrected chi connectivity index (χ1v) is 10.3. The molecule has 6 heteroatoms. The molecule has 2 unspecified atom stereocenters. The van der Waals surface area contributed by atoms with Crippen LogP contribution in [0, 0.1) is 5.41 Å². The Labute approximate surface area is 171 Å². The van der Waals surface area contributed by atoms with Crippen LogP contribution < -0.4 is 0 Å². The van der Waals surface area contributed by atoms with E-state index in [1.165, 1.54) is 16.3 Å². The number of hydrogen-bond donors (Lipinski definition) is 0. The fourth-order valence-electron chi connectivity index (χ4n) is 4.26. The van der Waals surface area contributed by atoms with E-state index in [1.807, 2.05) is 4.68 Å². The van der Waals surface area contributed by atoms with E-state index in [0.29, 0.717) is 26.6 Å². The van der Waals surface area contributed by atoms with Crippen molar-refractivity contribution in [3.63, 3.8) is 0 Å². The molecular formula is C23H29N3O3. The lowest BCUT2D eigenvalue weighted by molar-refractivity contribution is -0.206. The molecule has 0 bridgehead atoms. The summed E-state index contributed by atoms with van der Waals surface area (Å²) in [4.78, 5) is 4.21. The molecule has 2 heterocycles. The predicted molar refractivity (Wildman–Crippen MR) is 112 cm³/mol. The highest BCUT2D eigenvalue weighted by atomic mass is 16.7. The molecule has 1 saturated heterocycles. The van der Waals surface area contributed by atoms with Gasteiger partial charge in [-0.1, -0.05) is 56.3 Å². The van der Waals surface area contributed by atoms with Gasteiger partial charge in [0.1, 0.15) is 19.4 Å². The van der Waals surface area contributed by atoms with Gasteiger partial charge in [-0.15, -0.1) is 0 Å². The fraction of sp³-hybridized carbons (Fsp3) is 0.478. The Kier molecular flexibility index (Phi) is 6.23. The average molecular weight is 396 g/mol. The maximum Gasteiger partial charge on any atom is 0.146 e. The molecule has 1 aliphatic heterocycles. The average Bonchev–Trinajstić information content (AvgIpc) is 3.28. The third kappa shape index (κ3) is 4.34. The zero-order valence-electron chi connectivity index (χ0n) is 17.2. The first-order valence-electron chi connectivity index (χ1n) is 10.3. The summed E-state index contributed by atoms with van der Waals surface area (Å²) in [5, 5.41) is 6.99. The van der Waals surface area contributed by atoms with Gasteiger partial charge in [-0.25, -0.2) is 9.67 Å². The maximum atomic E-state index is 6.46. The van der Waals surface area contributed by atoms with Gasteiger partial charge in [0, 0.05) is 12.0 Å². The Morgan fingerprint density at radius 2 is 1.93 bits per heavy atom. The lowest BCUT2D eigenvalue weighted by Gasteiger charge is -2.43. The van der Waals surface area contributed by atoms with Gasteiger partial charge in [-0.2, -0.15) is 5.10 Å². The molecule has 6 nitrogen and oxygen atoms in total. The summed E-state index contributed by atoms with van der Waals surface area (Å²) in [5.74, 6) is 0. The highest BCUT2D eigenvalue weighted by Crippen LogP contribution is 2.37. The number of hydrogen-bond acceptors (Lipinski definition) is 5. The van der Waals surface area contributed by atoms with Crippen LogP contribution in [0.1, 0.15) is 31.9 Å². The van der Waals surface area contributed by atoms with E-state index in [2.05, 4.69) is 66.4 Å². The Morgan fingerprint density at radius 1 is 1.14 bits per heavy atom. The fourth-order valence-corrected chi connectivity index (χ4v) is 4.26. The minimum absolute atomic E-state index is 0.0230. The zero-order chi connectivity index (χ0) is 20.1. The second-order valence-electron chi connectivity index (χ2n) is 8.05. The van der Waals surface area contributed by atoms with Crippen LogP contribution in [0.2, 0.25) is 0 Å². The molecule has 0 N–H and O–H groups in total. The molecule has 2 aromatic carbocycles. The molecule has 1 aromatic heterocycles. The normalized spacial score (nSPS) is 18.6. The summed E-state index contributed by atoms with van der Waals surface area (Å²) in [7, 11) is 0. The van der Waals surface area contributed by atoms with Crippen LogP contribution in [0.5, 0.6) is 0 Å². The van der Waals surface area contributed by atoms with Crippen LogP contribution in [0.4, 0.5) is 0 Å². The number of nitrogens with zero attached hydrogens (tertiary/aromatic N) is 3. The predicted octanol–water partition coefficient (Wildman–Crippen LogP) is 4.02. The standard InChI is InChI=1S/C23H29N3O3/c1-3-11-29-22(23(2)13-27-17-28-14-23)21(26-16-24-15-25-26)12-19-9-6-8-18-7-4-5-10-20(18)19/h4-10,15-16,21-22H,3,11-14,17H2,1-2H3. The molecule has 3 aromatic rings. The Bertz CT molecular complexity index is 901. The van der Waals surface area contributed by atoms with Gasteiger partial charge in [-0.05, 0) is 29.2 Å². The summed E-state index contributed by atoms with van der Waals surface area (Å²) in [5.41, 5.74) is 1.00. The van der Waals surface area contributed by atoms with Crippen molar-refractivity contribution < 1.29 is 14.2 Å². The molecule has 1 fully saturated rings. The number of ether oxygens (including phenoxy) is 3. The van der Waals surface area contributed by atoms with Crippen molar-refractivity contribution in [3.05, 3.63) is 60.7 Å². The van der Waals surface area contributed by atoms with Crippen LogP contribution in [0.15, 0.2) is 55.1 Å². The largest absolute Gasteiger partial charge is 0.375 e. The molecule has 4 rings (SSSR count). The molecule has 1 aliphatic rings. The topological polar surface area (TPSA) is 58.4 Å². The number of rotatable bonds is 8. The van der Waals surface area contributed by atoms with Crippen LogP contribution in [0.3, 0.4) is 0 Å². The van der Waals surface area contributed by atoms with Gasteiger partial charge in [-0.3, -0.25) is 0 Å². The maximum absolute atomic E-state index is 6.46. The van der Waals surface area contributed by atoms with Gasteiger partial charge >= 0.3 is 0 Å². The zero-order valence-corrected chi connectivity index (χ0v) is 17.2. The van der Waals surface area contributed by atoms with Crippen molar-refractivity contribution in [2.45, 2.75) is 38.8 Å². The van der Waals surface area contributed by atoms with Crippen LogP contribution in [-0.4, -0.2) is 47.5 Å². The molecule has 0 saturated carbocycles. The van der Waals surface area contributed by atoms with Crippen LogP contribution in [-0.2, 0) is 20.6 Å². The Morgan fingerprint density at radius 3 is 2.69 bits per heavy atom. The van der Waals surface area contributed by atoms with Crippen LogP contribution >= 0.6 is 0 Å². The van der Waals surface area contributed by atoms with Crippen molar-refractivity contribution in [1.82, 2.24) is 14.8 Å². The van der Waals surface area contributed by atoms with Crippen LogP contribution in [0.25, 0.3) is 10.8 Å². The smallest absolute Gasteiger partial charge is 0.146 e. The summed E-state index contributed by atoms with van der Waals surface area (Å²) < 4.78 is 19.8. The number of benzene rings is 2. The van der Waals surface area contributed by atoms with Crippen molar-refractivity contribution in [2.24, 2.45) is 5.41 Å². The molecule has 2 atom stereocenters. The van der Waals surface area contributed by atoms with E-state index >= 15 is 0 Å². The minimum Gasteiger partial charge on any atom is -0.375 e. The SMILES string of the molecule is CCCOC(C(Cc1cccc2ccccc12)n1cncn1)C1(C)COCOC1. The molecule has 0 radical (unpaired) electrons. The molecule has 0 aliphatic carbocycles. The number of fused-ring (bicyclic) bond motifs is 1. The van der Waals surface area contributed by atoms with Crippen molar-refractivity contribution >= 4 is 10.8 Å². The van der Waals surface area contributed by atoms with E-state index < -0.39 is 0 Å². The Hall–Kier alpha value is -2.28. The number of aromatic nitrogens is 3. The van der Waals surface area contributed by atoms with Gasteiger partial charge in [0.2, 0.25) is 0 Å². The highest BCUT2D eigenvalue weighted by molar-refractivity contribution is 5.85. The Balaban J connectivity index is 1.73. The molecule has 154 valence electrons. The third-order valence-corrected chi connectivity index (χ3v) is 5.65. The molecule has 0 spiro atoms. The van der Waals surface area contributed by atoms with E-state index in [-0.39, 0.29) is 17.6 Å². The summed E-state index contributed by atoms with van der Waals surface area (Å²) >= 11 is 0. The van der Waals surface area contributed by atoms with E-state index in [1.54, 1.807) is 12.7 Å². The quantitative estimate of drug-likeness (QED) is 0.577. The summed E-state index contributed by atoms with van der Waals surface area (Å²) in [6, 6.07) is 14.9. The van der Waals surface area contributed by atoms with E-state index in [9.17, 15) is 0 Å². The third-order valence-electron chi connectivity index (χ3n) is 5.65. The summed E-state index contributed by atoms with van der Waals surface area (Å²) in [6.45, 7) is 6.53. The summed E-state index contributed by atoms with van der Waals surface area (Å²) in [6.07, 6.45) is 4.99. The van der Waals surface area contributed by atoms with Gasteiger partial charge in [0.15, 0.2) is 0 Å². The highest BCUT2D eigenvalue weighted by Gasteiger charge is 2.43. The molecule has 0 amide bonds. The van der Waals surface area contributed by atoms with E-state index in [4.69, 9.17) is 14.2 Å². The monoisotopic (exact) mass is 395 g/mol. The van der Waals surface area contributed by atoms with Crippen molar-refractivity contribution in [1.29, 1.82) is 0 Å². The van der Waals surface area contributed by atoms with Crippen molar-refractivity contribution in [2.75, 3.05) is 26.6 Å². The van der Waals surface area contributed by atoms with Gasteiger partial charge in [0.05, 0.1) is 25.4 Å².